The summed E-state index contributed by atoms with van der Waals surface area (Å²) in [5.41, 5.74) is 0.704. The van der Waals surface area contributed by atoms with E-state index >= 15 is 0 Å². The summed E-state index contributed by atoms with van der Waals surface area (Å²) in [4.78, 5) is 17.6. The molecule has 0 aliphatic carbocycles. The number of aromatic nitrogens is 1. The van der Waals surface area contributed by atoms with Crippen molar-refractivity contribution in [3.63, 3.8) is 0 Å². The predicted molar refractivity (Wildman–Crippen MR) is 61.9 cm³/mol. The highest BCUT2D eigenvalue weighted by atomic mass is 16.5. The van der Waals surface area contributed by atoms with Crippen molar-refractivity contribution in [1.82, 2.24) is 4.98 Å². The van der Waals surface area contributed by atoms with Crippen molar-refractivity contribution in [3.8, 4) is 0 Å². The lowest BCUT2D eigenvalue weighted by Crippen LogP contribution is -2.32. The fourth-order valence-corrected chi connectivity index (χ4v) is 1.84. The van der Waals surface area contributed by atoms with Crippen molar-refractivity contribution >= 4 is 11.6 Å². The van der Waals surface area contributed by atoms with Gasteiger partial charge in [0.2, 0.25) is 0 Å². The number of rotatable bonds is 3. The molecule has 16 heavy (non-hydrogen) atoms. The van der Waals surface area contributed by atoms with Gasteiger partial charge in [0, 0.05) is 25.4 Å². The van der Waals surface area contributed by atoms with Crippen LogP contribution in [0.1, 0.15) is 23.7 Å². The first kappa shape index (κ1) is 11.1. The summed E-state index contributed by atoms with van der Waals surface area (Å²) < 4.78 is 5.34. The van der Waals surface area contributed by atoms with Crippen molar-refractivity contribution in [2.24, 2.45) is 0 Å². The highest BCUT2D eigenvalue weighted by Gasteiger charge is 2.21. The second kappa shape index (κ2) is 4.61. The van der Waals surface area contributed by atoms with Crippen LogP contribution in [-0.4, -0.2) is 37.1 Å². The number of ketones is 1. The van der Waals surface area contributed by atoms with Crippen LogP contribution in [-0.2, 0) is 4.74 Å². The molecule has 1 aliphatic rings. The minimum Gasteiger partial charge on any atom is -0.379 e. The zero-order chi connectivity index (χ0) is 11.5. The van der Waals surface area contributed by atoms with Gasteiger partial charge in [-0.2, -0.15) is 0 Å². The van der Waals surface area contributed by atoms with Crippen LogP contribution in [0.4, 0.5) is 5.82 Å². The van der Waals surface area contributed by atoms with E-state index in [9.17, 15) is 4.79 Å². The number of ether oxygens (including phenoxy) is 1. The first-order chi connectivity index (χ1) is 7.68. The van der Waals surface area contributed by atoms with E-state index in [1.807, 2.05) is 13.1 Å². The van der Waals surface area contributed by atoms with Crippen LogP contribution >= 0.6 is 0 Å². The number of carbonyl (C=O) groups is 1. The molecule has 1 atom stereocenters. The van der Waals surface area contributed by atoms with E-state index in [0.29, 0.717) is 11.6 Å². The molecule has 1 unspecified atom stereocenters. The summed E-state index contributed by atoms with van der Waals surface area (Å²) in [7, 11) is 1.99. The van der Waals surface area contributed by atoms with Gasteiger partial charge in [0.05, 0.1) is 12.6 Å². The molecule has 4 nitrogen and oxygen atoms in total. The SMILES string of the molecule is CC(=O)c1ccnc(N(C)C2CCOC2)c1. The summed E-state index contributed by atoms with van der Waals surface area (Å²) in [6.07, 6.45) is 2.70. The molecule has 1 fully saturated rings. The number of anilines is 1. The van der Waals surface area contributed by atoms with E-state index in [1.54, 1.807) is 19.2 Å². The van der Waals surface area contributed by atoms with E-state index in [-0.39, 0.29) is 5.78 Å². The average Bonchev–Trinajstić information content (AvgIpc) is 2.81. The normalized spacial score (nSPS) is 19.8. The third kappa shape index (κ3) is 2.22. The Balaban J connectivity index is 2.18. The molecule has 2 rings (SSSR count). The summed E-state index contributed by atoms with van der Waals surface area (Å²) in [6, 6.07) is 3.94. The largest absolute Gasteiger partial charge is 0.379 e. The molecule has 4 heteroatoms. The van der Waals surface area contributed by atoms with Crippen molar-refractivity contribution in [2.75, 3.05) is 25.2 Å². The van der Waals surface area contributed by atoms with E-state index in [4.69, 9.17) is 4.74 Å². The number of hydrogen-bond donors (Lipinski definition) is 0. The monoisotopic (exact) mass is 220 g/mol. The number of pyridine rings is 1. The molecule has 0 aromatic carbocycles. The number of likely N-dealkylation sites (N-methyl/N-ethyl adjacent to an activating group) is 1. The molecule has 1 aromatic heterocycles. The van der Waals surface area contributed by atoms with Gasteiger partial charge in [0.25, 0.3) is 0 Å². The van der Waals surface area contributed by atoms with Crippen molar-refractivity contribution in [1.29, 1.82) is 0 Å². The molecule has 1 saturated heterocycles. The summed E-state index contributed by atoms with van der Waals surface area (Å²) >= 11 is 0. The Morgan fingerprint density at radius 2 is 2.44 bits per heavy atom. The molecule has 0 N–H and O–H groups in total. The maximum atomic E-state index is 11.3. The number of Topliss-reactive ketones (excluding diaryl/α,β-unsaturated/α-hetero) is 1. The van der Waals surface area contributed by atoms with E-state index in [1.165, 1.54) is 0 Å². The van der Waals surface area contributed by atoms with Crippen molar-refractivity contribution in [3.05, 3.63) is 23.9 Å². The Bertz CT molecular complexity index is 386. The Labute approximate surface area is 95.2 Å². The fourth-order valence-electron chi connectivity index (χ4n) is 1.84. The fraction of sp³-hybridized carbons (Fsp3) is 0.500. The van der Waals surface area contributed by atoms with Crippen LogP contribution in [0, 0.1) is 0 Å². The van der Waals surface area contributed by atoms with Gasteiger partial charge >= 0.3 is 0 Å². The number of nitrogens with zero attached hydrogens (tertiary/aromatic N) is 2. The average molecular weight is 220 g/mol. The molecular weight excluding hydrogens is 204 g/mol. The van der Waals surface area contributed by atoms with Gasteiger partial charge < -0.3 is 9.64 Å². The van der Waals surface area contributed by atoms with Gasteiger partial charge in [0.1, 0.15) is 5.82 Å². The van der Waals surface area contributed by atoms with Crippen LogP contribution in [0.2, 0.25) is 0 Å². The standard InChI is InChI=1S/C12H16N2O2/c1-9(15)10-3-5-13-12(7-10)14(2)11-4-6-16-8-11/h3,5,7,11H,4,6,8H2,1-2H3. The lowest BCUT2D eigenvalue weighted by atomic mass is 10.1. The van der Waals surface area contributed by atoms with Crippen LogP contribution in [0.15, 0.2) is 18.3 Å². The maximum absolute atomic E-state index is 11.3. The van der Waals surface area contributed by atoms with Crippen LogP contribution in [0.25, 0.3) is 0 Å². The van der Waals surface area contributed by atoms with E-state index in [0.717, 1.165) is 25.5 Å². The van der Waals surface area contributed by atoms with Crippen LogP contribution in [0.3, 0.4) is 0 Å². The quantitative estimate of drug-likeness (QED) is 0.724. The summed E-state index contributed by atoms with van der Waals surface area (Å²) in [6.45, 7) is 3.11. The highest BCUT2D eigenvalue weighted by molar-refractivity contribution is 5.94. The molecule has 0 amide bonds. The van der Waals surface area contributed by atoms with Crippen LogP contribution in [0.5, 0.6) is 0 Å². The third-order valence-corrected chi connectivity index (χ3v) is 2.97. The van der Waals surface area contributed by atoms with Gasteiger partial charge in [-0.05, 0) is 25.5 Å². The van der Waals surface area contributed by atoms with Gasteiger partial charge in [-0.3, -0.25) is 4.79 Å². The Morgan fingerprint density at radius 1 is 1.62 bits per heavy atom. The minimum absolute atomic E-state index is 0.0692. The molecule has 0 spiro atoms. The number of carbonyl (C=O) groups excluding carboxylic acids is 1. The minimum atomic E-state index is 0.0692. The van der Waals surface area contributed by atoms with E-state index in [2.05, 4.69) is 9.88 Å². The van der Waals surface area contributed by atoms with Gasteiger partial charge in [-0.25, -0.2) is 4.98 Å². The Hall–Kier alpha value is -1.42. The first-order valence-corrected chi connectivity index (χ1v) is 5.46. The van der Waals surface area contributed by atoms with Crippen molar-refractivity contribution < 1.29 is 9.53 Å². The Morgan fingerprint density at radius 3 is 3.06 bits per heavy atom. The molecule has 0 saturated carbocycles. The number of hydrogen-bond acceptors (Lipinski definition) is 4. The zero-order valence-electron chi connectivity index (χ0n) is 9.64. The molecule has 86 valence electrons. The smallest absolute Gasteiger partial charge is 0.159 e. The molecular formula is C12H16N2O2. The topological polar surface area (TPSA) is 42.4 Å². The molecule has 0 radical (unpaired) electrons. The summed E-state index contributed by atoms with van der Waals surface area (Å²) in [5, 5.41) is 0. The lowest BCUT2D eigenvalue weighted by Gasteiger charge is -2.24. The first-order valence-electron chi connectivity index (χ1n) is 5.46. The maximum Gasteiger partial charge on any atom is 0.159 e. The van der Waals surface area contributed by atoms with Crippen LogP contribution < -0.4 is 4.90 Å². The van der Waals surface area contributed by atoms with Gasteiger partial charge in [0.15, 0.2) is 5.78 Å². The third-order valence-electron chi connectivity index (χ3n) is 2.97. The zero-order valence-corrected chi connectivity index (χ0v) is 9.64. The second-order valence-electron chi connectivity index (χ2n) is 4.09. The predicted octanol–water partition coefficient (Wildman–Crippen LogP) is 1.51. The molecule has 0 bridgehead atoms. The molecule has 1 aromatic rings. The second-order valence-corrected chi connectivity index (χ2v) is 4.09. The van der Waals surface area contributed by atoms with Gasteiger partial charge in [-0.1, -0.05) is 0 Å². The molecule has 1 aliphatic heterocycles. The van der Waals surface area contributed by atoms with Crippen molar-refractivity contribution in [2.45, 2.75) is 19.4 Å². The summed E-state index contributed by atoms with van der Waals surface area (Å²) in [5.74, 6) is 0.905. The van der Waals surface area contributed by atoms with Gasteiger partial charge in [-0.15, -0.1) is 0 Å². The highest BCUT2D eigenvalue weighted by Crippen LogP contribution is 2.18. The lowest BCUT2D eigenvalue weighted by molar-refractivity contribution is 0.101. The van der Waals surface area contributed by atoms with E-state index < -0.39 is 0 Å². The Kier molecular flexibility index (Phi) is 3.19. The molecule has 2 heterocycles.